The van der Waals surface area contributed by atoms with E-state index in [-0.39, 0.29) is 5.82 Å². The molecule has 0 fully saturated rings. The zero-order valence-corrected chi connectivity index (χ0v) is 12.7. The van der Waals surface area contributed by atoms with Crippen molar-refractivity contribution in [2.75, 3.05) is 11.9 Å². The normalized spacial score (nSPS) is 10.7. The Morgan fingerprint density at radius 3 is 2.95 bits per heavy atom. The van der Waals surface area contributed by atoms with Crippen molar-refractivity contribution in [1.82, 2.24) is 9.55 Å². The Morgan fingerprint density at radius 1 is 1.42 bits per heavy atom. The fourth-order valence-corrected chi connectivity index (χ4v) is 2.29. The van der Waals surface area contributed by atoms with Gasteiger partial charge in [-0.05, 0) is 47.5 Å². The molecule has 1 aromatic heterocycles. The third-order valence-electron chi connectivity index (χ3n) is 2.81. The van der Waals surface area contributed by atoms with Crippen molar-refractivity contribution in [3.63, 3.8) is 0 Å². The smallest absolute Gasteiger partial charge is 0.207 e. The van der Waals surface area contributed by atoms with E-state index < -0.39 is 0 Å². The zero-order chi connectivity index (χ0) is 13.8. The number of halogens is 2. The first-order chi connectivity index (χ1) is 9.11. The van der Waals surface area contributed by atoms with Gasteiger partial charge in [-0.25, -0.2) is 9.37 Å². The van der Waals surface area contributed by atoms with Crippen LogP contribution in [0.4, 0.5) is 10.3 Å². The Hall–Kier alpha value is -1.36. The molecule has 0 aliphatic rings. The minimum absolute atomic E-state index is 0.260. The summed E-state index contributed by atoms with van der Waals surface area (Å²) in [5.41, 5.74) is 1.65. The van der Waals surface area contributed by atoms with Crippen LogP contribution in [0.5, 0.6) is 0 Å². The zero-order valence-electron chi connectivity index (χ0n) is 11.1. The van der Waals surface area contributed by atoms with Crippen molar-refractivity contribution < 1.29 is 4.39 Å². The molecular weight excluding hydrogens is 309 g/mol. The molecule has 102 valence electrons. The first kappa shape index (κ1) is 14.1. The Bertz CT molecular complexity index is 566. The van der Waals surface area contributed by atoms with Gasteiger partial charge in [0, 0.05) is 17.2 Å². The monoisotopic (exact) mass is 325 g/mol. The molecule has 2 rings (SSSR count). The molecule has 0 spiro atoms. The van der Waals surface area contributed by atoms with E-state index >= 15 is 0 Å². The van der Waals surface area contributed by atoms with Crippen molar-refractivity contribution in [2.45, 2.75) is 26.7 Å². The van der Waals surface area contributed by atoms with E-state index in [1.165, 1.54) is 12.1 Å². The lowest BCUT2D eigenvalue weighted by Crippen LogP contribution is -2.07. The van der Waals surface area contributed by atoms with Crippen LogP contribution in [-0.2, 0) is 0 Å². The third kappa shape index (κ3) is 3.35. The number of nitrogens with zero attached hydrogens (tertiary/aromatic N) is 2. The average Bonchev–Trinajstić information content (AvgIpc) is 2.74. The molecule has 5 heteroatoms. The van der Waals surface area contributed by atoms with Crippen LogP contribution < -0.4 is 5.32 Å². The molecule has 0 atom stereocenters. The fraction of sp³-hybridized carbons (Fsp3) is 0.357. The number of rotatable bonds is 5. The topological polar surface area (TPSA) is 29.9 Å². The van der Waals surface area contributed by atoms with Crippen LogP contribution in [0.1, 0.15) is 25.5 Å². The first-order valence-electron chi connectivity index (χ1n) is 6.37. The van der Waals surface area contributed by atoms with Crippen LogP contribution >= 0.6 is 15.9 Å². The van der Waals surface area contributed by atoms with Crippen molar-refractivity contribution in [1.29, 1.82) is 0 Å². The van der Waals surface area contributed by atoms with Gasteiger partial charge in [0.2, 0.25) is 5.95 Å². The molecule has 0 bridgehead atoms. The van der Waals surface area contributed by atoms with Crippen LogP contribution in [0.3, 0.4) is 0 Å². The number of unbranched alkanes of at least 4 members (excludes halogenated alkanes) is 1. The number of hydrogen-bond acceptors (Lipinski definition) is 2. The molecule has 0 saturated carbocycles. The highest BCUT2D eigenvalue weighted by atomic mass is 79.9. The summed E-state index contributed by atoms with van der Waals surface area (Å²) in [6.45, 7) is 4.93. The molecule has 0 saturated heterocycles. The molecule has 2 aromatic rings. The molecule has 1 heterocycles. The second kappa shape index (κ2) is 6.19. The molecule has 3 nitrogen and oxygen atoms in total. The van der Waals surface area contributed by atoms with E-state index in [0.717, 1.165) is 41.2 Å². The summed E-state index contributed by atoms with van der Waals surface area (Å²) in [7, 11) is 0. The van der Waals surface area contributed by atoms with Gasteiger partial charge in [-0.3, -0.25) is 4.57 Å². The first-order valence-corrected chi connectivity index (χ1v) is 7.16. The molecule has 0 unspecified atom stereocenters. The van der Waals surface area contributed by atoms with Gasteiger partial charge in [0.1, 0.15) is 5.82 Å². The van der Waals surface area contributed by atoms with Gasteiger partial charge in [-0.2, -0.15) is 0 Å². The number of benzene rings is 1. The molecule has 0 aliphatic carbocycles. The van der Waals surface area contributed by atoms with Gasteiger partial charge in [0.05, 0.1) is 11.4 Å². The standard InChI is InChI=1S/C14H17BrFN3/c1-3-4-7-17-14-18-10(2)9-19(14)13-8-11(16)5-6-12(13)15/h5-6,8-9H,3-4,7H2,1-2H3,(H,17,18). The van der Waals surface area contributed by atoms with Gasteiger partial charge in [0.15, 0.2) is 0 Å². The maximum absolute atomic E-state index is 13.4. The van der Waals surface area contributed by atoms with E-state index in [4.69, 9.17) is 0 Å². The highest BCUT2D eigenvalue weighted by molar-refractivity contribution is 9.10. The predicted molar refractivity (Wildman–Crippen MR) is 79.4 cm³/mol. The largest absolute Gasteiger partial charge is 0.355 e. The highest BCUT2D eigenvalue weighted by Gasteiger charge is 2.10. The molecule has 0 aliphatic heterocycles. The number of imidazole rings is 1. The van der Waals surface area contributed by atoms with E-state index in [1.807, 2.05) is 17.7 Å². The van der Waals surface area contributed by atoms with Gasteiger partial charge in [-0.1, -0.05) is 13.3 Å². The summed E-state index contributed by atoms with van der Waals surface area (Å²) in [5.74, 6) is 0.487. The summed E-state index contributed by atoms with van der Waals surface area (Å²) in [4.78, 5) is 4.44. The molecule has 1 aromatic carbocycles. The summed E-state index contributed by atoms with van der Waals surface area (Å²) in [5, 5.41) is 3.29. The van der Waals surface area contributed by atoms with Gasteiger partial charge >= 0.3 is 0 Å². The highest BCUT2D eigenvalue weighted by Crippen LogP contribution is 2.25. The third-order valence-corrected chi connectivity index (χ3v) is 3.48. The Labute approximate surface area is 121 Å². The van der Waals surface area contributed by atoms with E-state index in [0.29, 0.717) is 0 Å². The minimum atomic E-state index is -0.260. The van der Waals surface area contributed by atoms with E-state index in [9.17, 15) is 4.39 Å². The van der Waals surface area contributed by atoms with Crippen LogP contribution in [0.25, 0.3) is 5.69 Å². The molecule has 19 heavy (non-hydrogen) atoms. The van der Waals surface area contributed by atoms with E-state index in [1.54, 1.807) is 6.07 Å². The van der Waals surface area contributed by atoms with Crippen LogP contribution in [0.2, 0.25) is 0 Å². The lowest BCUT2D eigenvalue weighted by molar-refractivity contribution is 0.626. The quantitative estimate of drug-likeness (QED) is 0.831. The lowest BCUT2D eigenvalue weighted by atomic mass is 10.3. The van der Waals surface area contributed by atoms with Crippen molar-refractivity contribution in [2.24, 2.45) is 0 Å². The SMILES string of the molecule is CCCCNc1nc(C)cn1-c1cc(F)ccc1Br. The second-order valence-corrected chi connectivity index (χ2v) is 5.31. The fourth-order valence-electron chi connectivity index (χ4n) is 1.85. The number of aryl methyl sites for hydroxylation is 1. The Balaban J connectivity index is 2.35. The van der Waals surface area contributed by atoms with Crippen LogP contribution in [0.15, 0.2) is 28.9 Å². The Kier molecular flexibility index (Phi) is 4.58. The Morgan fingerprint density at radius 2 is 2.21 bits per heavy atom. The van der Waals surface area contributed by atoms with Gasteiger partial charge in [-0.15, -0.1) is 0 Å². The van der Waals surface area contributed by atoms with Crippen molar-refractivity contribution in [3.8, 4) is 5.69 Å². The lowest BCUT2D eigenvalue weighted by Gasteiger charge is -2.11. The number of nitrogens with one attached hydrogen (secondary N) is 1. The molecule has 0 amide bonds. The average molecular weight is 326 g/mol. The number of aromatic nitrogens is 2. The van der Waals surface area contributed by atoms with E-state index in [2.05, 4.69) is 33.2 Å². The second-order valence-electron chi connectivity index (χ2n) is 4.45. The summed E-state index contributed by atoms with van der Waals surface area (Å²) >= 11 is 3.45. The van der Waals surface area contributed by atoms with Gasteiger partial charge in [0.25, 0.3) is 0 Å². The van der Waals surface area contributed by atoms with Crippen molar-refractivity contribution >= 4 is 21.9 Å². The maximum atomic E-state index is 13.4. The maximum Gasteiger partial charge on any atom is 0.207 e. The summed E-state index contributed by atoms with van der Waals surface area (Å²) < 4.78 is 16.1. The molecule has 0 radical (unpaired) electrons. The predicted octanol–water partition coefficient (Wildman–Crippen LogP) is 4.29. The van der Waals surface area contributed by atoms with Crippen LogP contribution in [-0.4, -0.2) is 16.1 Å². The summed E-state index contributed by atoms with van der Waals surface area (Å²) in [6.07, 6.45) is 4.10. The number of hydrogen-bond donors (Lipinski definition) is 1. The van der Waals surface area contributed by atoms with Gasteiger partial charge < -0.3 is 5.32 Å². The molecular formula is C14H17BrFN3. The van der Waals surface area contributed by atoms with Crippen LogP contribution in [0, 0.1) is 12.7 Å². The summed E-state index contributed by atoms with van der Waals surface area (Å²) in [6, 6.07) is 4.63. The van der Waals surface area contributed by atoms with Crippen molar-refractivity contribution in [3.05, 3.63) is 40.4 Å². The molecule has 1 N–H and O–H groups in total. The number of anilines is 1. The minimum Gasteiger partial charge on any atom is -0.355 e.